The highest BCUT2D eigenvalue weighted by molar-refractivity contribution is 7.38. The van der Waals surface area contributed by atoms with Crippen LogP contribution in [0.5, 0.6) is 0 Å². The molecule has 0 aliphatic carbocycles. The third-order valence-electron chi connectivity index (χ3n) is 3.07. The van der Waals surface area contributed by atoms with Crippen LogP contribution < -0.4 is 0 Å². The first-order chi connectivity index (χ1) is 11.1. The fourth-order valence-electron chi connectivity index (χ4n) is 1.21. The van der Waals surface area contributed by atoms with Gasteiger partial charge in [-0.3, -0.25) is 0 Å². The van der Waals surface area contributed by atoms with Gasteiger partial charge in [0, 0.05) is 12.0 Å². The summed E-state index contributed by atoms with van der Waals surface area (Å²) in [5.74, 6) is -1.67. The SMILES string of the molecule is CCC(O)(O)c1ccccc1.OCC(CO)(CO)CO.OP(O)O. The summed E-state index contributed by atoms with van der Waals surface area (Å²) < 4.78 is 0. The van der Waals surface area contributed by atoms with E-state index in [0.29, 0.717) is 12.0 Å². The lowest BCUT2D eigenvalue weighted by Gasteiger charge is -2.23. The van der Waals surface area contributed by atoms with Gasteiger partial charge in [0.2, 0.25) is 0 Å². The van der Waals surface area contributed by atoms with Gasteiger partial charge in [0.1, 0.15) is 0 Å². The quantitative estimate of drug-likeness (QED) is 0.210. The smallest absolute Gasteiger partial charge is 0.324 e. The Balaban J connectivity index is 0. The molecule has 0 aliphatic heterocycles. The van der Waals surface area contributed by atoms with Crippen molar-refractivity contribution in [2.24, 2.45) is 5.41 Å². The van der Waals surface area contributed by atoms with Gasteiger partial charge in [0.25, 0.3) is 0 Å². The Morgan fingerprint density at radius 2 is 1.12 bits per heavy atom. The van der Waals surface area contributed by atoms with Crippen molar-refractivity contribution in [2.75, 3.05) is 26.4 Å². The molecule has 0 heterocycles. The fourth-order valence-corrected chi connectivity index (χ4v) is 1.21. The number of hydrogen-bond acceptors (Lipinski definition) is 9. The zero-order valence-electron chi connectivity index (χ0n) is 13.4. The summed E-state index contributed by atoms with van der Waals surface area (Å²) in [4.78, 5) is 21.7. The van der Waals surface area contributed by atoms with Crippen molar-refractivity contribution in [3.05, 3.63) is 35.9 Å². The molecule has 0 amide bonds. The lowest BCUT2D eigenvalue weighted by Crippen LogP contribution is -2.37. The molecule has 0 atom stereocenters. The van der Waals surface area contributed by atoms with E-state index in [9.17, 15) is 10.2 Å². The number of aliphatic hydroxyl groups excluding tert-OH is 4. The van der Waals surface area contributed by atoms with Crippen molar-refractivity contribution < 1.29 is 45.3 Å². The van der Waals surface area contributed by atoms with Gasteiger partial charge in [0.15, 0.2) is 5.79 Å². The van der Waals surface area contributed by atoms with Gasteiger partial charge in [-0.05, 0) is 0 Å². The Morgan fingerprint density at radius 3 is 1.33 bits per heavy atom. The van der Waals surface area contributed by atoms with Crippen LogP contribution >= 0.6 is 8.60 Å². The summed E-state index contributed by atoms with van der Waals surface area (Å²) in [5, 5.41) is 52.7. The van der Waals surface area contributed by atoms with Crippen LogP contribution in [0, 0.1) is 5.41 Å². The van der Waals surface area contributed by atoms with E-state index in [-0.39, 0.29) is 0 Å². The molecule has 0 bridgehead atoms. The van der Waals surface area contributed by atoms with Crippen LogP contribution in [0.2, 0.25) is 0 Å². The third-order valence-corrected chi connectivity index (χ3v) is 3.07. The molecule has 0 aromatic heterocycles. The second-order valence-electron chi connectivity index (χ2n) is 4.94. The van der Waals surface area contributed by atoms with Crippen LogP contribution in [0.15, 0.2) is 30.3 Å². The zero-order valence-corrected chi connectivity index (χ0v) is 14.3. The molecular weight excluding hydrogens is 343 g/mol. The van der Waals surface area contributed by atoms with E-state index in [1.165, 1.54) is 0 Å². The first kappa shape index (κ1) is 25.5. The second-order valence-corrected chi connectivity index (χ2v) is 5.47. The van der Waals surface area contributed by atoms with Gasteiger partial charge in [-0.1, -0.05) is 37.3 Å². The Hall–Kier alpha value is -0.710. The number of aliphatic hydroxyl groups is 6. The summed E-state index contributed by atoms with van der Waals surface area (Å²) >= 11 is 0. The standard InChI is InChI=1S/C9H12O2.C5H12O4.H3O3P/c1-2-9(10,11)8-6-4-3-5-7-8;6-1-5(2-7,3-8)4-9;1-4(2)3/h3-7,10-11H,2H2,1H3;6-9H,1-4H2;1-3H. The van der Waals surface area contributed by atoms with Crippen LogP contribution in [-0.4, -0.2) is 71.7 Å². The highest BCUT2D eigenvalue weighted by Crippen LogP contribution is 2.20. The Morgan fingerprint density at radius 1 is 0.792 bits per heavy atom. The van der Waals surface area contributed by atoms with Gasteiger partial charge in [-0.2, -0.15) is 0 Å². The van der Waals surface area contributed by atoms with Crippen LogP contribution in [0.1, 0.15) is 18.9 Å². The maximum atomic E-state index is 9.35. The second kappa shape index (κ2) is 13.6. The van der Waals surface area contributed by atoms with Gasteiger partial charge in [-0.25, -0.2) is 0 Å². The Bertz CT molecular complexity index is 376. The van der Waals surface area contributed by atoms with Crippen LogP contribution in [0.4, 0.5) is 0 Å². The summed E-state index contributed by atoms with van der Waals surface area (Å²) in [6.07, 6.45) is 0.303. The molecule has 0 spiro atoms. The van der Waals surface area contributed by atoms with Gasteiger partial charge < -0.3 is 45.3 Å². The van der Waals surface area contributed by atoms with E-state index in [1.807, 2.05) is 6.07 Å². The summed E-state index contributed by atoms with van der Waals surface area (Å²) in [6, 6.07) is 8.81. The number of rotatable bonds is 6. The predicted octanol–water partition coefficient (Wildman–Crippen LogP) is -1.63. The van der Waals surface area contributed by atoms with Gasteiger partial charge in [0.05, 0.1) is 31.8 Å². The summed E-state index contributed by atoms with van der Waals surface area (Å²) in [5.41, 5.74) is -0.567. The van der Waals surface area contributed by atoms with E-state index in [0.717, 1.165) is 0 Å². The molecule has 0 radical (unpaired) electrons. The molecule has 0 saturated heterocycles. The average molecular weight is 370 g/mol. The average Bonchev–Trinajstić information content (AvgIpc) is 2.58. The largest absolute Gasteiger partial charge is 0.396 e. The molecular formula is C14H27O9P. The van der Waals surface area contributed by atoms with Crippen molar-refractivity contribution in [1.82, 2.24) is 0 Å². The van der Waals surface area contributed by atoms with E-state index in [1.54, 1.807) is 31.2 Å². The van der Waals surface area contributed by atoms with Gasteiger partial charge >= 0.3 is 8.60 Å². The zero-order chi connectivity index (χ0) is 19.2. The predicted molar refractivity (Wildman–Crippen MR) is 87.2 cm³/mol. The number of benzene rings is 1. The molecule has 9 N–H and O–H groups in total. The van der Waals surface area contributed by atoms with E-state index < -0.39 is 46.2 Å². The minimum absolute atomic E-state index is 0.303. The van der Waals surface area contributed by atoms with Gasteiger partial charge in [-0.15, -0.1) is 0 Å². The highest BCUT2D eigenvalue weighted by Gasteiger charge is 2.26. The van der Waals surface area contributed by atoms with Crippen LogP contribution in [0.3, 0.4) is 0 Å². The van der Waals surface area contributed by atoms with E-state index in [4.69, 9.17) is 35.1 Å². The normalized spacial score (nSPS) is 11.3. The Kier molecular flexibility index (Phi) is 14.4. The fraction of sp³-hybridized carbons (Fsp3) is 0.571. The summed E-state index contributed by atoms with van der Waals surface area (Å²) in [6.45, 7) is 0.104. The number of hydrogen-bond donors (Lipinski definition) is 9. The van der Waals surface area contributed by atoms with Crippen LogP contribution in [-0.2, 0) is 5.79 Å². The molecule has 142 valence electrons. The maximum absolute atomic E-state index is 9.35. The molecule has 0 fully saturated rings. The lowest BCUT2D eigenvalue weighted by molar-refractivity contribution is -0.171. The summed E-state index contributed by atoms with van der Waals surface area (Å²) in [7, 11) is -2.62. The topological polar surface area (TPSA) is 182 Å². The molecule has 24 heavy (non-hydrogen) atoms. The van der Waals surface area contributed by atoms with Crippen molar-refractivity contribution in [2.45, 2.75) is 19.1 Å². The molecule has 0 saturated carbocycles. The van der Waals surface area contributed by atoms with Crippen molar-refractivity contribution in [3.63, 3.8) is 0 Å². The molecule has 0 aliphatic rings. The van der Waals surface area contributed by atoms with E-state index >= 15 is 0 Å². The van der Waals surface area contributed by atoms with Crippen molar-refractivity contribution in [1.29, 1.82) is 0 Å². The van der Waals surface area contributed by atoms with E-state index in [2.05, 4.69) is 0 Å². The first-order valence-corrected chi connectivity index (χ1v) is 8.15. The van der Waals surface area contributed by atoms with Crippen molar-refractivity contribution >= 4 is 8.60 Å². The molecule has 1 rings (SSSR count). The molecule has 10 heteroatoms. The molecule has 1 aromatic carbocycles. The first-order valence-electron chi connectivity index (χ1n) is 6.95. The Labute approximate surface area is 141 Å². The monoisotopic (exact) mass is 370 g/mol. The minimum atomic E-state index is -2.62. The third kappa shape index (κ3) is 11.0. The van der Waals surface area contributed by atoms with Crippen molar-refractivity contribution in [3.8, 4) is 0 Å². The molecule has 9 nitrogen and oxygen atoms in total. The molecule has 0 unspecified atom stereocenters. The highest BCUT2D eigenvalue weighted by atomic mass is 31.2. The minimum Gasteiger partial charge on any atom is -0.396 e. The van der Waals surface area contributed by atoms with Crippen LogP contribution in [0.25, 0.3) is 0 Å². The lowest BCUT2D eigenvalue weighted by atomic mass is 9.93. The molecule has 1 aromatic rings. The maximum Gasteiger partial charge on any atom is 0.324 e.